The molecule has 1 aliphatic heterocycles. The van der Waals surface area contributed by atoms with Crippen LogP contribution in [0.3, 0.4) is 0 Å². The fourth-order valence-electron chi connectivity index (χ4n) is 2.40. The van der Waals surface area contributed by atoms with E-state index in [1.54, 1.807) is 0 Å². The highest BCUT2D eigenvalue weighted by molar-refractivity contribution is 5.05. The molecule has 0 unspecified atom stereocenters. The third-order valence-corrected chi connectivity index (χ3v) is 3.46. The minimum atomic E-state index is 0.0231. The van der Waals surface area contributed by atoms with Crippen molar-refractivity contribution in [3.8, 4) is 0 Å². The standard InChI is InChI=1S/C13H19N5O2/c1-3-18-8-11(6-14-18)7-17-4-5-19-9-12(17)13-15-10(2)16-20-13/h6,8,12H,3-5,7,9H2,1-2H3/t12-/m1/s1. The van der Waals surface area contributed by atoms with Crippen LogP contribution in [-0.2, 0) is 17.8 Å². The third-order valence-electron chi connectivity index (χ3n) is 3.46. The van der Waals surface area contributed by atoms with Crippen LogP contribution < -0.4 is 0 Å². The molecule has 0 aromatic carbocycles. The lowest BCUT2D eigenvalue weighted by atomic mass is 10.2. The van der Waals surface area contributed by atoms with Crippen LogP contribution in [0.1, 0.15) is 30.2 Å². The summed E-state index contributed by atoms with van der Waals surface area (Å²) in [6, 6.07) is 0.0231. The van der Waals surface area contributed by atoms with Gasteiger partial charge in [-0.15, -0.1) is 0 Å². The molecule has 0 saturated carbocycles. The average molecular weight is 277 g/mol. The third kappa shape index (κ3) is 2.73. The number of hydrogen-bond donors (Lipinski definition) is 0. The maximum absolute atomic E-state index is 5.55. The lowest BCUT2D eigenvalue weighted by molar-refractivity contribution is -0.0241. The van der Waals surface area contributed by atoms with Gasteiger partial charge in [-0.05, 0) is 13.8 Å². The van der Waals surface area contributed by atoms with Gasteiger partial charge in [-0.25, -0.2) is 0 Å². The van der Waals surface area contributed by atoms with Gasteiger partial charge in [0.25, 0.3) is 0 Å². The summed E-state index contributed by atoms with van der Waals surface area (Å²) >= 11 is 0. The lowest BCUT2D eigenvalue weighted by Crippen LogP contribution is -2.39. The highest BCUT2D eigenvalue weighted by Gasteiger charge is 2.29. The first kappa shape index (κ1) is 13.3. The molecule has 7 heteroatoms. The summed E-state index contributed by atoms with van der Waals surface area (Å²) in [5.41, 5.74) is 1.19. The number of morpholine rings is 1. The van der Waals surface area contributed by atoms with Crippen molar-refractivity contribution in [1.29, 1.82) is 0 Å². The fraction of sp³-hybridized carbons (Fsp3) is 0.615. The molecule has 0 amide bonds. The van der Waals surface area contributed by atoms with Crippen LogP contribution in [0.4, 0.5) is 0 Å². The number of nitrogens with zero attached hydrogens (tertiary/aromatic N) is 5. The van der Waals surface area contributed by atoms with E-state index in [-0.39, 0.29) is 6.04 Å². The van der Waals surface area contributed by atoms with Crippen LogP contribution in [0.2, 0.25) is 0 Å². The monoisotopic (exact) mass is 277 g/mol. The van der Waals surface area contributed by atoms with Crippen molar-refractivity contribution in [2.24, 2.45) is 0 Å². The van der Waals surface area contributed by atoms with Gasteiger partial charge in [0.2, 0.25) is 5.89 Å². The molecule has 2 aromatic rings. The van der Waals surface area contributed by atoms with E-state index in [0.29, 0.717) is 18.3 Å². The Hall–Kier alpha value is -1.73. The minimum absolute atomic E-state index is 0.0231. The summed E-state index contributed by atoms with van der Waals surface area (Å²) in [5, 5.41) is 8.18. The molecule has 0 N–H and O–H groups in total. The number of aromatic nitrogens is 4. The maximum Gasteiger partial charge on any atom is 0.246 e. The first-order valence-electron chi connectivity index (χ1n) is 6.89. The van der Waals surface area contributed by atoms with Gasteiger partial charge in [-0.1, -0.05) is 5.16 Å². The van der Waals surface area contributed by atoms with Crippen LogP contribution in [-0.4, -0.2) is 44.6 Å². The zero-order chi connectivity index (χ0) is 13.9. The van der Waals surface area contributed by atoms with Crippen molar-refractivity contribution in [3.05, 3.63) is 29.7 Å². The molecule has 20 heavy (non-hydrogen) atoms. The van der Waals surface area contributed by atoms with E-state index in [0.717, 1.165) is 26.2 Å². The van der Waals surface area contributed by atoms with Crippen molar-refractivity contribution in [1.82, 2.24) is 24.8 Å². The predicted molar refractivity (Wildman–Crippen MR) is 70.9 cm³/mol. The Bertz CT molecular complexity index is 565. The van der Waals surface area contributed by atoms with E-state index in [2.05, 4.69) is 33.3 Å². The Morgan fingerprint density at radius 3 is 3.05 bits per heavy atom. The van der Waals surface area contributed by atoms with Gasteiger partial charge < -0.3 is 9.26 Å². The van der Waals surface area contributed by atoms with Crippen molar-refractivity contribution in [2.75, 3.05) is 19.8 Å². The van der Waals surface area contributed by atoms with Crippen LogP contribution >= 0.6 is 0 Å². The minimum Gasteiger partial charge on any atom is -0.378 e. The van der Waals surface area contributed by atoms with E-state index < -0.39 is 0 Å². The van der Waals surface area contributed by atoms with Gasteiger partial charge >= 0.3 is 0 Å². The van der Waals surface area contributed by atoms with Crippen molar-refractivity contribution in [2.45, 2.75) is 33.0 Å². The summed E-state index contributed by atoms with van der Waals surface area (Å²) < 4.78 is 12.8. The van der Waals surface area contributed by atoms with Crippen LogP contribution in [0.15, 0.2) is 16.9 Å². The Labute approximate surface area is 117 Å². The van der Waals surface area contributed by atoms with E-state index in [1.807, 2.05) is 17.8 Å². The smallest absolute Gasteiger partial charge is 0.246 e. The Morgan fingerprint density at radius 1 is 1.45 bits per heavy atom. The normalized spacial score (nSPS) is 20.4. The molecule has 3 heterocycles. The molecular weight excluding hydrogens is 258 g/mol. The maximum atomic E-state index is 5.55. The second-order valence-corrected chi connectivity index (χ2v) is 4.95. The summed E-state index contributed by atoms with van der Waals surface area (Å²) in [6.45, 7) is 7.77. The Balaban J connectivity index is 1.75. The van der Waals surface area contributed by atoms with Gasteiger partial charge in [-0.3, -0.25) is 9.58 Å². The summed E-state index contributed by atoms with van der Waals surface area (Å²) in [7, 11) is 0. The largest absolute Gasteiger partial charge is 0.378 e. The van der Waals surface area contributed by atoms with Gasteiger partial charge in [0.05, 0.1) is 19.4 Å². The topological polar surface area (TPSA) is 69.2 Å². The molecule has 0 spiro atoms. The SMILES string of the molecule is CCn1cc(CN2CCOC[C@@H]2c2nc(C)no2)cn1. The van der Waals surface area contributed by atoms with Gasteiger partial charge in [0.15, 0.2) is 5.82 Å². The molecule has 108 valence electrons. The van der Waals surface area contributed by atoms with E-state index >= 15 is 0 Å². The van der Waals surface area contributed by atoms with Crippen molar-refractivity contribution >= 4 is 0 Å². The predicted octanol–water partition coefficient (Wildman–Crippen LogP) is 1.17. The molecule has 1 fully saturated rings. The lowest BCUT2D eigenvalue weighted by Gasteiger charge is -2.32. The molecule has 2 aromatic heterocycles. The quantitative estimate of drug-likeness (QED) is 0.835. The summed E-state index contributed by atoms with van der Waals surface area (Å²) in [5.74, 6) is 1.29. The molecule has 3 rings (SSSR count). The average Bonchev–Trinajstić information content (AvgIpc) is 3.08. The number of rotatable bonds is 4. The summed E-state index contributed by atoms with van der Waals surface area (Å²) in [6.07, 6.45) is 3.99. The number of aryl methyl sites for hydroxylation is 2. The van der Waals surface area contributed by atoms with E-state index in [4.69, 9.17) is 9.26 Å². The first-order valence-corrected chi connectivity index (χ1v) is 6.89. The molecule has 1 saturated heterocycles. The van der Waals surface area contributed by atoms with Crippen LogP contribution in [0, 0.1) is 6.92 Å². The van der Waals surface area contributed by atoms with E-state index in [9.17, 15) is 0 Å². The van der Waals surface area contributed by atoms with Crippen LogP contribution in [0.25, 0.3) is 0 Å². The van der Waals surface area contributed by atoms with Gasteiger partial charge in [0.1, 0.15) is 6.04 Å². The zero-order valence-corrected chi connectivity index (χ0v) is 11.8. The molecule has 0 bridgehead atoms. The van der Waals surface area contributed by atoms with Crippen molar-refractivity contribution < 1.29 is 9.26 Å². The zero-order valence-electron chi connectivity index (χ0n) is 11.8. The van der Waals surface area contributed by atoms with E-state index in [1.165, 1.54) is 5.56 Å². The molecule has 0 radical (unpaired) electrons. The van der Waals surface area contributed by atoms with Gasteiger partial charge in [0, 0.05) is 31.4 Å². The molecular formula is C13H19N5O2. The highest BCUT2D eigenvalue weighted by atomic mass is 16.5. The highest BCUT2D eigenvalue weighted by Crippen LogP contribution is 2.24. The molecule has 7 nitrogen and oxygen atoms in total. The second-order valence-electron chi connectivity index (χ2n) is 4.95. The van der Waals surface area contributed by atoms with Crippen LogP contribution in [0.5, 0.6) is 0 Å². The number of ether oxygens (including phenoxy) is 1. The van der Waals surface area contributed by atoms with Crippen molar-refractivity contribution in [3.63, 3.8) is 0 Å². The first-order chi connectivity index (χ1) is 9.76. The van der Waals surface area contributed by atoms with Gasteiger partial charge in [-0.2, -0.15) is 10.1 Å². The fourth-order valence-corrected chi connectivity index (χ4v) is 2.40. The Morgan fingerprint density at radius 2 is 2.35 bits per heavy atom. The molecule has 1 atom stereocenters. The summed E-state index contributed by atoms with van der Waals surface area (Å²) in [4.78, 5) is 6.63. The number of hydrogen-bond acceptors (Lipinski definition) is 6. The molecule has 1 aliphatic rings. The Kier molecular flexibility index (Phi) is 3.79. The second kappa shape index (κ2) is 5.72. The molecule has 0 aliphatic carbocycles.